The van der Waals surface area contributed by atoms with Crippen LogP contribution in [-0.4, -0.2) is 35.4 Å². The molecule has 0 saturated heterocycles. The van der Waals surface area contributed by atoms with Crippen LogP contribution in [0, 0.1) is 6.92 Å². The number of hydrogen-bond donors (Lipinski definition) is 2. The lowest BCUT2D eigenvalue weighted by Gasteiger charge is -2.16. The number of nitrogens with one attached hydrogen (secondary N) is 1. The van der Waals surface area contributed by atoms with Gasteiger partial charge in [-0.15, -0.1) is 0 Å². The van der Waals surface area contributed by atoms with E-state index >= 15 is 0 Å². The predicted octanol–water partition coefficient (Wildman–Crippen LogP) is 3.47. The Labute approximate surface area is 195 Å². The Bertz CT molecular complexity index is 1240. The minimum atomic E-state index is -1.10. The molecule has 1 atom stereocenters. The lowest BCUT2D eigenvalue weighted by Crippen LogP contribution is -2.44. The number of benzene rings is 2. The van der Waals surface area contributed by atoms with E-state index in [0.29, 0.717) is 22.6 Å². The van der Waals surface area contributed by atoms with Gasteiger partial charge in [0.2, 0.25) is 0 Å². The van der Waals surface area contributed by atoms with Gasteiger partial charge in [-0.2, -0.15) is 11.8 Å². The molecule has 1 aromatic heterocycles. The van der Waals surface area contributed by atoms with Crippen molar-refractivity contribution < 1.29 is 23.8 Å². The number of thioether (sulfide) groups is 1. The fourth-order valence-electron chi connectivity index (χ4n) is 4.04. The van der Waals surface area contributed by atoms with Crippen molar-refractivity contribution in [2.75, 3.05) is 12.4 Å². The molecule has 3 aromatic rings. The predicted molar refractivity (Wildman–Crippen MR) is 127 cm³/mol. The first-order valence-electron chi connectivity index (χ1n) is 10.8. The van der Waals surface area contributed by atoms with Gasteiger partial charge in [0.15, 0.2) is 6.61 Å². The Kier molecular flexibility index (Phi) is 7.03. The van der Waals surface area contributed by atoms with Crippen molar-refractivity contribution in [1.29, 1.82) is 0 Å². The molecule has 0 aliphatic heterocycles. The smallest absolute Gasteiger partial charge is 0.339 e. The van der Waals surface area contributed by atoms with Crippen LogP contribution in [0.25, 0.3) is 11.0 Å². The average molecular weight is 468 g/mol. The van der Waals surface area contributed by atoms with Crippen LogP contribution < -0.4 is 15.7 Å². The minimum Gasteiger partial charge on any atom is -0.483 e. The molecule has 33 heavy (non-hydrogen) atoms. The van der Waals surface area contributed by atoms with E-state index in [1.165, 1.54) is 11.8 Å². The number of amides is 1. The van der Waals surface area contributed by atoms with Gasteiger partial charge in [-0.25, -0.2) is 9.59 Å². The van der Waals surface area contributed by atoms with E-state index in [2.05, 4.69) is 5.32 Å². The number of fused-ring (bicyclic) bond motifs is 3. The molecule has 2 N–H and O–H groups in total. The maximum atomic E-state index is 12.4. The number of carbonyl (C=O) groups is 2. The monoisotopic (exact) mass is 467 g/mol. The molecule has 0 radical (unpaired) electrons. The summed E-state index contributed by atoms with van der Waals surface area (Å²) in [5.74, 6) is -0.313. The van der Waals surface area contributed by atoms with Crippen LogP contribution in [0.15, 0.2) is 51.7 Å². The second-order valence-electron chi connectivity index (χ2n) is 8.01. The molecule has 1 aliphatic rings. The topological polar surface area (TPSA) is 106 Å². The third-order valence-corrected chi connectivity index (χ3v) is 6.83. The van der Waals surface area contributed by atoms with Gasteiger partial charge >= 0.3 is 11.6 Å². The Balaban J connectivity index is 1.37. The molecule has 1 heterocycles. The molecule has 2 aromatic carbocycles. The van der Waals surface area contributed by atoms with E-state index < -0.39 is 17.9 Å². The molecular formula is C25H25NO6S. The summed E-state index contributed by atoms with van der Waals surface area (Å²) in [5.41, 5.74) is 3.67. The van der Waals surface area contributed by atoms with E-state index in [0.717, 1.165) is 41.3 Å². The molecule has 0 spiro atoms. The summed E-state index contributed by atoms with van der Waals surface area (Å²) >= 11 is 1.44. The van der Waals surface area contributed by atoms with E-state index in [4.69, 9.17) is 9.15 Å². The summed E-state index contributed by atoms with van der Waals surface area (Å²) in [4.78, 5) is 36.2. The SMILES string of the molecule is Cc1c(OCC(=O)N[C@@H](CSCc2ccccc2)C(=O)O)ccc2c3c(c(=O)oc12)CCC3. The normalized spacial score (nSPS) is 13.5. The lowest BCUT2D eigenvalue weighted by molar-refractivity contribution is -0.141. The Morgan fingerprint density at radius 1 is 1.15 bits per heavy atom. The second-order valence-corrected chi connectivity index (χ2v) is 9.04. The highest BCUT2D eigenvalue weighted by Gasteiger charge is 2.23. The summed E-state index contributed by atoms with van der Waals surface area (Å²) in [6.07, 6.45) is 2.52. The third kappa shape index (κ3) is 5.22. The molecule has 4 rings (SSSR count). The van der Waals surface area contributed by atoms with Crippen LogP contribution in [0.3, 0.4) is 0 Å². The van der Waals surface area contributed by atoms with E-state index in [-0.39, 0.29) is 18.0 Å². The first kappa shape index (κ1) is 22.9. The van der Waals surface area contributed by atoms with Crippen LogP contribution in [-0.2, 0) is 28.2 Å². The Morgan fingerprint density at radius 2 is 1.91 bits per heavy atom. The third-order valence-electron chi connectivity index (χ3n) is 5.73. The van der Waals surface area contributed by atoms with Crippen molar-refractivity contribution >= 4 is 34.6 Å². The molecule has 1 aliphatic carbocycles. The van der Waals surface area contributed by atoms with Gasteiger partial charge < -0.3 is 19.6 Å². The number of carboxylic acids is 1. The fraction of sp³-hybridized carbons (Fsp3) is 0.320. The van der Waals surface area contributed by atoms with Crippen LogP contribution in [0.5, 0.6) is 5.75 Å². The van der Waals surface area contributed by atoms with Crippen molar-refractivity contribution in [2.24, 2.45) is 0 Å². The van der Waals surface area contributed by atoms with Crippen LogP contribution in [0.2, 0.25) is 0 Å². The molecule has 172 valence electrons. The molecule has 0 saturated carbocycles. The van der Waals surface area contributed by atoms with Crippen LogP contribution >= 0.6 is 11.8 Å². The van der Waals surface area contributed by atoms with Gasteiger partial charge in [0.05, 0.1) is 0 Å². The molecule has 0 bridgehead atoms. The van der Waals surface area contributed by atoms with Gasteiger partial charge in [-0.1, -0.05) is 30.3 Å². The number of rotatable bonds is 9. The van der Waals surface area contributed by atoms with Crippen molar-refractivity contribution in [1.82, 2.24) is 5.32 Å². The number of carboxylic acid groups (broad SMARTS) is 1. The molecular weight excluding hydrogens is 442 g/mol. The van der Waals surface area contributed by atoms with Gasteiger partial charge in [0.1, 0.15) is 17.4 Å². The Hall–Kier alpha value is -3.26. The first-order chi connectivity index (χ1) is 15.9. The summed E-state index contributed by atoms with van der Waals surface area (Å²) in [5, 5.41) is 12.9. The highest BCUT2D eigenvalue weighted by atomic mass is 32.2. The van der Waals surface area contributed by atoms with Gasteiger partial charge in [0, 0.05) is 28.0 Å². The van der Waals surface area contributed by atoms with Crippen LogP contribution in [0.4, 0.5) is 0 Å². The summed E-state index contributed by atoms with van der Waals surface area (Å²) < 4.78 is 11.2. The first-order valence-corrected chi connectivity index (χ1v) is 11.9. The summed E-state index contributed by atoms with van der Waals surface area (Å²) in [6.45, 7) is 1.44. The maximum absolute atomic E-state index is 12.4. The highest BCUT2D eigenvalue weighted by Crippen LogP contribution is 2.33. The zero-order valence-electron chi connectivity index (χ0n) is 18.3. The summed E-state index contributed by atoms with van der Waals surface area (Å²) in [7, 11) is 0. The number of aryl methyl sites for hydroxylation is 2. The standard InChI is InChI=1S/C25H25NO6S/c1-15-21(11-10-18-17-8-5-9-19(17)25(30)32-23(15)18)31-12-22(27)26-20(24(28)29)14-33-13-16-6-3-2-4-7-16/h2-4,6-7,10-11,20H,5,8-9,12-14H2,1H3,(H,26,27)(H,28,29)/t20-/m0/s1. The van der Waals surface area contributed by atoms with E-state index in [1.807, 2.05) is 36.4 Å². The van der Waals surface area contributed by atoms with Crippen molar-refractivity contribution in [3.63, 3.8) is 0 Å². The highest BCUT2D eigenvalue weighted by molar-refractivity contribution is 7.98. The molecule has 1 amide bonds. The zero-order chi connectivity index (χ0) is 23.4. The van der Waals surface area contributed by atoms with Crippen LogP contribution in [0.1, 0.15) is 28.7 Å². The van der Waals surface area contributed by atoms with Crippen molar-refractivity contribution in [3.8, 4) is 5.75 Å². The zero-order valence-corrected chi connectivity index (χ0v) is 19.1. The van der Waals surface area contributed by atoms with E-state index in [9.17, 15) is 19.5 Å². The average Bonchev–Trinajstić information content (AvgIpc) is 3.30. The van der Waals surface area contributed by atoms with Crippen molar-refractivity contribution in [2.45, 2.75) is 38.0 Å². The molecule has 0 unspecified atom stereocenters. The number of hydrogen-bond acceptors (Lipinski definition) is 6. The largest absolute Gasteiger partial charge is 0.483 e. The van der Waals surface area contributed by atoms with Gasteiger partial charge in [-0.3, -0.25) is 4.79 Å². The number of ether oxygens (including phenoxy) is 1. The molecule has 8 heteroatoms. The second kappa shape index (κ2) is 10.1. The summed E-state index contributed by atoms with van der Waals surface area (Å²) in [6, 6.07) is 12.3. The molecule has 0 fully saturated rings. The van der Waals surface area contributed by atoms with Gasteiger partial charge in [0.25, 0.3) is 5.91 Å². The quantitative estimate of drug-likeness (QED) is 0.464. The lowest BCUT2D eigenvalue weighted by atomic mass is 10.0. The maximum Gasteiger partial charge on any atom is 0.339 e. The van der Waals surface area contributed by atoms with Gasteiger partial charge in [-0.05, 0) is 49.4 Å². The number of aliphatic carboxylic acids is 1. The molecule has 7 nitrogen and oxygen atoms in total. The van der Waals surface area contributed by atoms with E-state index in [1.54, 1.807) is 13.0 Å². The number of carbonyl (C=O) groups excluding carboxylic acids is 1. The van der Waals surface area contributed by atoms with Crippen molar-refractivity contribution in [3.05, 3.63) is 75.1 Å². The fourth-order valence-corrected chi connectivity index (χ4v) is 5.05. The minimum absolute atomic E-state index is 0.237. The Morgan fingerprint density at radius 3 is 2.67 bits per heavy atom.